The van der Waals surface area contributed by atoms with Crippen LogP contribution in [0.1, 0.15) is 11.1 Å². The number of hydrogen-bond acceptors (Lipinski definition) is 4. The third kappa shape index (κ3) is 6.14. The third-order valence-corrected chi connectivity index (χ3v) is 6.56. The summed E-state index contributed by atoms with van der Waals surface area (Å²) in [7, 11) is -3.48. The molecule has 0 atom stereocenters. The molecule has 6 nitrogen and oxygen atoms in total. The molecule has 0 radical (unpaired) electrons. The van der Waals surface area contributed by atoms with Gasteiger partial charge in [0.2, 0.25) is 15.9 Å². The molecule has 1 aliphatic heterocycles. The van der Waals surface area contributed by atoms with Gasteiger partial charge in [-0.25, -0.2) is 8.42 Å². The number of hydrogen-bond donors (Lipinski definition) is 1. The summed E-state index contributed by atoms with van der Waals surface area (Å²) in [6.07, 6.45) is 1.60. The van der Waals surface area contributed by atoms with Gasteiger partial charge in [0, 0.05) is 42.3 Å². The van der Waals surface area contributed by atoms with Crippen LogP contribution in [0.2, 0.25) is 5.02 Å². The highest BCUT2D eigenvalue weighted by molar-refractivity contribution is 7.92. The van der Waals surface area contributed by atoms with Gasteiger partial charge in [0.15, 0.2) is 0 Å². The molecule has 0 saturated carbocycles. The van der Waals surface area contributed by atoms with Gasteiger partial charge < -0.3 is 5.32 Å². The lowest BCUT2D eigenvalue weighted by Crippen LogP contribution is -2.49. The lowest BCUT2D eigenvalue weighted by atomic mass is 10.2. The predicted octanol–water partition coefficient (Wildman–Crippen LogP) is 3.21. The molecule has 154 valence electrons. The van der Waals surface area contributed by atoms with Crippen molar-refractivity contribution >= 4 is 39.3 Å². The highest BCUT2D eigenvalue weighted by Gasteiger charge is 2.26. The Labute approximate surface area is 176 Å². The number of carbonyl (C=O) groups excluding carboxylic acids is 1. The number of nitrogens with one attached hydrogen (secondary N) is 1. The van der Waals surface area contributed by atoms with Crippen molar-refractivity contribution in [3.8, 4) is 0 Å². The van der Waals surface area contributed by atoms with Crippen LogP contribution in [0.5, 0.6) is 0 Å². The smallest absolute Gasteiger partial charge is 0.238 e. The summed E-state index contributed by atoms with van der Waals surface area (Å²) in [5, 5.41) is 4.68. The fourth-order valence-corrected chi connectivity index (χ4v) is 4.42. The molecular formula is C21H24ClN3O3S. The van der Waals surface area contributed by atoms with Crippen LogP contribution in [0.4, 0.5) is 5.69 Å². The first-order valence-corrected chi connectivity index (χ1v) is 11.2. The van der Waals surface area contributed by atoms with Gasteiger partial charge in [-0.3, -0.25) is 9.69 Å². The van der Waals surface area contributed by atoms with Crippen LogP contribution in [-0.4, -0.2) is 56.3 Å². The van der Waals surface area contributed by atoms with Crippen LogP contribution in [0.25, 0.3) is 6.08 Å². The Hall–Kier alpha value is -2.19. The summed E-state index contributed by atoms with van der Waals surface area (Å²) >= 11 is 5.99. The van der Waals surface area contributed by atoms with Gasteiger partial charge in [0.25, 0.3) is 0 Å². The SMILES string of the molecule is Cc1ccc(Cl)cc1NC(=O)CN1CCN(S(=O)(=O)/C=C/c2ccccc2)CC1. The molecule has 2 aromatic carbocycles. The highest BCUT2D eigenvalue weighted by atomic mass is 35.5. The summed E-state index contributed by atoms with van der Waals surface area (Å²) in [6, 6.07) is 14.7. The molecule has 1 heterocycles. The molecular weight excluding hydrogens is 410 g/mol. The van der Waals surface area contributed by atoms with E-state index in [1.54, 1.807) is 18.2 Å². The number of rotatable bonds is 6. The maximum atomic E-state index is 12.5. The van der Waals surface area contributed by atoms with E-state index in [-0.39, 0.29) is 12.5 Å². The van der Waals surface area contributed by atoms with Gasteiger partial charge in [0.1, 0.15) is 0 Å². The monoisotopic (exact) mass is 433 g/mol. The Balaban J connectivity index is 1.51. The number of benzene rings is 2. The number of halogens is 1. The summed E-state index contributed by atoms with van der Waals surface area (Å²) in [4.78, 5) is 14.3. The Morgan fingerprint density at radius 2 is 1.79 bits per heavy atom. The van der Waals surface area contributed by atoms with Crippen molar-refractivity contribution in [2.45, 2.75) is 6.92 Å². The van der Waals surface area contributed by atoms with Crippen molar-refractivity contribution in [2.24, 2.45) is 0 Å². The topological polar surface area (TPSA) is 69.7 Å². The number of sulfonamides is 1. The molecule has 1 aliphatic rings. The zero-order valence-electron chi connectivity index (χ0n) is 16.2. The van der Waals surface area contributed by atoms with E-state index in [0.717, 1.165) is 11.1 Å². The van der Waals surface area contributed by atoms with Crippen molar-refractivity contribution in [3.63, 3.8) is 0 Å². The van der Waals surface area contributed by atoms with Crippen molar-refractivity contribution < 1.29 is 13.2 Å². The fraction of sp³-hybridized carbons (Fsp3) is 0.286. The Morgan fingerprint density at radius 1 is 1.10 bits per heavy atom. The van der Waals surface area contributed by atoms with E-state index in [0.29, 0.717) is 36.9 Å². The van der Waals surface area contributed by atoms with Gasteiger partial charge in [0.05, 0.1) is 6.54 Å². The van der Waals surface area contributed by atoms with E-state index < -0.39 is 10.0 Å². The van der Waals surface area contributed by atoms with Crippen molar-refractivity contribution in [2.75, 3.05) is 38.0 Å². The molecule has 1 saturated heterocycles. The van der Waals surface area contributed by atoms with Gasteiger partial charge in [-0.2, -0.15) is 4.31 Å². The fourth-order valence-electron chi connectivity index (χ4n) is 3.08. The van der Waals surface area contributed by atoms with Crippen LogP contribution in [0.3, 0.4) is 0 Å². The largest absolute Gasteiger partial charge is 0.325 e. The zero-order valence-corrected chi connectivity index (χ0v) is 17.8. The normalized spacial score (nSPS) is 16.2. The molecule has 1 fully saturated rings. The maximum Gasteiger partial charge on any atom is 0.238 e. The van der Waals surface area contributed by atoms with E-state index in [4.69, 9.17) is 11.6 Å². The minimum absolute atomic E-state index is 0.143. The standard InChI is InChI=1S/C21H24ClN3O3S/c1-17-7-8-19(22)15-20(17)23-21(26)16-24-10-12-25(13-11-24)29(27,28)14-9-18-5-3-2-4-6-18/h2-9,14-15H,10-13,16H2,1H3,(H,23,26)/b14-9+. The maximum absolute atomic E-state index is 12.5. The number of anilines is 1. The first kappa shape index (κ1) is 21.5. The molecule has 1 amide bonds. The highest BCUT2D eigenvalue weighted by Crippen LogP contribution is 2.20. The number of piperazine rings is 1. The number of nitrogens with zero attached hydrogens (tertiary/aromatic N) is 2. The van der Waals surface area contributed by atoms with Gasteiger partial charge in [-0.05, 0) is 36.3 Å². The Bertz CT molecular complexity index is 985. The first-order valence-electron chi connectivity index (χ1n) is 9.35. The van der Waals surface area contributed by atoms with Crippen LogP contribution in [0.15, 0.2) is 53.9 Å². The third-order valence-electron chi connectivity index (χ3n) is 4.76. The summed E-state index contributed by atoms with van der Waals surface area (Å²) in [6.45, 7) is 3.81. The molecule has 29 heavy (non-hydrogen) atoms. The second-order valence-corrected chi connectivity index (χ2v) is 9.20. The van der Waals surface area contributed by atoms with Crippen LogP contribution >= 0.6 is 11.6 Å². The summed E-state index contributed by atoms with van der Waals surface area (Å²) in [5.41, 5.74) is 2.46. The van der Waals surface area contributed by atoms with Gasteiger partial charge in [-0.15, -0.1) is 0 Å². The second kappa shape index (κ2) is 9.54. The number of carbonyl (C=O) groups is 1. The molecule has 0 bridgehead atoms. The average Bonchev–Trinajstić information content (AvgIpc) is 2.70. The summed E-state index contributed by atoms with van der Waals surface area (Å²) < 4.78 is 26.5. The van der Waals surface area contributed by atoms with E-state index in [1.807, 2.05) is 48.2 Å². The second-order valence-electron chi connectivity index (χ2n) is 6.94. The lowest BCUT2D eigenvalue weighted by molar-refractivity contribution is -0.117. The molecule has 3 rings (SSSR count). The quantitative estimate of drug-likeness (QED) is 0.759. The van der Waals surface area contributed by atoms with Crippen LogP contribution < -0.4 is 5.32 Å². The minimum Gasteiger partial charge on any atom is -0.325 e. The van der Waals surface area contributed by atoms with E-state index >= 15 is 0 Å². The summed E-state index contributed by atoms with van der Waals surface area (Å²) in [5.74, 6) is -0.143. The molecule has 0 aliphatic carbocycles. The number of aryl methyl sites for hydroxylation is 1. The van der Waals surface area contributed by atoms with Crippen molar-refractivity contribution in [1.82, 2.24) is 9.21 Å². The van der Waals surface area contributed by atoms with Crippen molar-refractivity contribution in [3.05, 3.63) is 70.1 Å². The minimum atomic E-state index is -3.48. The molecule has 1 N–H and O–H groups in total. The molecule has 0 unspecified atom stereocenters. The average molecular weight is 434 g/mol. The number of amides is 1. The molecule has 2 aromatic rings. The van der Waals surface area contributed by atoms with E-state index in [9.17, 15) is 13.2 Å². The van der Waals surface area contributed by atoms with Crippen LogP contribution in [-0.2, 0) is 14.8 Å². The zero-order chi connectivity index (χ0) is 20.9. The van der Waals surface area contributed by atoms with E-state index in [2.05, 4.69) is 5.32 Å². The lowest BCUT2D eigenvalue weighted by Gasteiger charge is -2.32. The van der Waals surface area contributed by atoms with Crippen molar-refractivity contribution in [1.29, 1.82) is 0 Å². The van der Waals surface area contributed by atoms with E-state index in [1.165, 1.54) is 9.71 Å². The predicted molar refractivity (Wildman–Crippen MR) is 117 cm³/mol. The Morgan fingerprint density at radius 3 is 2.48 bits per heavy atom. The molecule has 0 spiro atoms. The molecule has 0 aromatic heterocycles. The van der Waals surface area contributed by atoms with Gasteiger partial charge >= 0.3 is 0 Å². The molecule has 8 heteroatoms. The van der Waals surface area contributed by atoms with Gasteiger partial charge in [-0.1, -0.05) is 48.0 Å². The Kier molecular flexibility index (Phi) is 7.08. The first-order chi connectivity index (χ1) is 13.8. The van der Waals surface area contributed by atoms with Crippen LogP contribution in [0, 0.1) is 6.92 Å².